The van der Waals surface area contributed by atoms with Gasteiger partial charge in [-0.2, -0.15) is 0 Å². The third kappa shape index (κ3) is 4.91. The van der Waals surface area contributed by atoms with Crippen LogP contribution in [0.25, 0.3) is 0 Å². The fraction of sp³-hybridized carbons (Fsp3) is 0.350. The third-order valence-electron chi connectivity index (χ3n) is 4.11. The molecule has 1 aliphatic rings. The van der Waals surface area contributed by atoms with Crippen molar-refractivity contribution in [2.24, 2.45) is 0 Å². The van der Waals surface area contributed by atoms with Gasteiger partial charge in [-0.3, -0.25) is 4.79 Å². The second-order valence-corrected chi connectivity index (χ2v) is 7.29. The minimum absolute atomic E-state index is 0.0327. The maximum Gasteiger partial charge on any atom is 0.230 e. The Morgan fingerprint density at radius 2 is 2.15 bits per heavy atom. The first-order chi connectivity index (χ1) is 13.0. The molecule has 3 rings (SSSR count). The van der Waals surface area contributed by atoms with Gasteiger partial charge in [0.05, 0.1) is 12.4 Å². The zero-order valence-electron chi connectivity index (χ0n) is 15.2. The summed E-state index contributed by atoms with van der Waals surface area (Å²) in [5.74, 6) is 0.0185. The maximum absolute atomic E-state index is 13.6. The second-order valence-electron chi connectivity index (χ2n) is 6.27. The van der Waals surface area contributed by atoms with Crippen LogP contribution in [0.5, 0.6) is 11.5 Å². The molecule has 0 unspecified atom stereocenters. The molecule has 7 heteroatoms. The smallest absolute Gasteiger partial charge is 0.230 e. The van der Waals surface area contributed by atoms with Gasteiger partial charge < -0.3 is 14.8 Å². The van der Waals surface area contributed by atoms with Crippen molar-refractivity contribution in [1.29, 1.82) is 0 Å². The molecule has 0 saturated heterocycles. The van der Waals surface area contributed by atoms with E-state index >= 15 is 0 Å². The monoisotopic (exact) mass is 393 g/mol. The Balaban J connectivity index is 1.60. The highest BCUT2D eigenvalue weighted by Gasteiger charge is 2.22. The molecule has 144 valence electrons. The van der Waals surface area contributed by atoms with Crippen molar-refractivity contribution < 1.29 is 23.0 Å². The van der Waals surface area contributed by atoms with E-state index in [0.29, 0.717) is 6.61 Å². The predicted molar refractivity (Wildman–Crippen MR) is 100 cm³/mol. The summed E-state index contributed by atoms with van der Waals surface area (Å²) in [7, 11) is 0. The van der Waals surface area contributed by atoms with Gasteiger partial charge in [0.25, 0.3) is 0 Å². The molecule has 0 aliphatic carbocycles. The number of ether oxygens (including phenoxy) is 2. The van der Waals surface area contributed by atoms with E-state index in [9.17, 15) is 13.6 Å². The van der Waals surface area contributed by atoms with Crippen molar-refractivity contribution in [3.8, 4) is 11.5 Å². The van der Waals surface area contributed by atoms with Gasteiger partial charge in [0.15, 0.2) is 0 Å². The standard InChI is InChI=1S/C20H21F2NO3S/c1-3-25-17-7-13-6-12(2)26-18(13)8-14(17)10-23-20(24)11-27-19-5-4-15(21)9-16(19)22/h4-5,7-9,12H,3,6,10-11H2,1-2H3,(H,23,24)/t12-/m0/s1. The molecule has 0 aromatic heterocycles. The van der Waals surface area contributed by atoms with E-state index in [1.807, 2.05) is 26.0 Å². The third-order valence-corrected chi connectivity index (χ3v) is 5.16. The predicted octanol–water partition coefficient (Wildman–Crippen LogP) is 4.10. The second kappa shape index (κ2) is 8.61. The molecule has 27 heavy (non-hydrogen) atoms. The van der Waals surface area contributed by atoms with Gasteiger partial charge in [-0.05, 0) is 38.1 Å². The number of rotatable bonds is 7. The van der Waals surface area contributed by atoms with Crippen LogP contribution in [0.15, 0.2) is 35.2 Å². The lowest BCUT2D eigenvalue weighted by Gasteiger charge is -2.13. The molecule has 0 saturated carbocycles. The number of halogens is 2. The highest BCUT2D eigenvalue weighted by molar-refractivity contribution is 8.00. The van der Waals surface area contributed by atoms with Crippen molar-refractivity contribution in [1.82, 2.24) is 5.32 Å². The molecule has 0 spiro atoms. The van der Waals surface area contributed by atoms with Crippen molar-refractivity contribution in [3.63, 3.8) is 0 Å². The number of amides is 1. The molecular weight excluding hydrogens is 372 g/mol. The van der Waals surface area contributed by atoms with Gasteiger partial charge in [-0.15, -0.1) is 11.8 Å². The molecule has 0 bridgehead atoms. The summed E-state index contributed by atoms with van der Waals surface area (Å²) in [4.78, 5) is 12.4. The van der Waals surface area contributed by atoms with Crippen LogP contribution < -0.4 is 14.8 Å². The highest BCUT2D eigenvalue weighted by Crippen LogP contribution is 2.35. The van der Waals surface area contributed by atoms with E-state index < -0.39 is 11.6 Å². The van der Waals surface area contributed by atoms with Gasteiger partial charge in [-0.1, -0.05) is 0 Å². The lowest BCUT2D eigenvalue weighted by Crippen LogP contribution is -2.25. The van der Waals surface area contributed by atoms with E-state index in [0.717, 1.165) is 46.9 Å². The number of hydrogen-bond acceptors (Lipinski definition) is 4. The molecule has 1 atom stereocenters. The van der Waals surface area contributed by atoms with Gasteiger partial charge in [0, 0.05) is 35.1 Å². The topological polar surface area (TPSA) is 47.6 Å². The first-order valence-electron chi connectivity index (χ1n) is 8.76. The quantitative estimate of drug-likeness (QED) is 0.720. The summed E-state index contributed by atoms with van der Waals surface area (Å²) in [5, 5.41) is 2.81. The summed E-state index contributed by atoms with van der Waals surface area (Å²) >= 11 is 1.02. The van der Waals surface area contributed by atoms with Crippen LogP contribution in [0.1, 0.15) is 25.0 Å². The normalized spacial score (nSPS) is 15.2. The molecule has 2 aromatic carbocycles. The van der Waals surface area contributed by atoms with E-state index in [-0.39, 0.29) is 29.2 Å². The van der Waals surface area contributed by atoms with Crippen molar-refractivity contribution in [2.75, 3.05) is 12.4 Å². The summed E-state index contributed by atoms with van der Waals surface area (Å²) in [6.07, 6.45) is 0.961. The molecule has 1 heterocycles. The lowest BCUT2D eigenvalue weighted by molar-refractivity contribution is -0.118. The number of hydrogen-bond donors (Lipinski definition) is 1. The average molecular weight is 393 g/mol. The SMILES string of the molecule is CCOc1cc2c(cc1CNC(=O)CSc1ccc(F)cc1F)O[C@@H](C)C2. The summed E-state index contributed by atoms with van der Waals surface area (Å²) in [6, 6.07) is 7.17. The Kier molecular flexibility index (Phi) is 6.21. The van der Waals surface area contributed by atoms with Gasteiger partial charge in [0.2, 0.25) is 5.91 Å². The first kappa shape index (κ1) is 19.5. The molecule has 1 aliphatic heterocycles. The summed E-state index contributed by atoms with van der Waals surface area (Å²) in [5.41, 5.74) is 1.93. The number of fused-ring (bicyclic) bond motifs is 1. The van der Waals surface area contributed by atoms with Crippen LogP contribution in [0.3, 0.4) is 0 Å². The van der Waals surface area contributed by atoms with Crippen molar-refractivity contribution >= 4 is 17.7 Å². The molecule has 0 fully saturated rings. The highest BCUT2D eigenvalue weighted by atomic mass is 32.2. The van der Waals surface area contributed by atoms with E-state index in [1.54, 1.807) is 0 Å². The number of carbonyl (C=O) groups excluding carboxylic acids is 1. The Labute approximate surface area is 161 Å². The van der Waals surface area contributed by atoms with Crippen LogP contribution in [0, 0.1) is 11.6 Å². The number of thioether (sulfide) groups is 1. The van der Waals surface area contributed by atoms with Crippen LogP contribution in [0.2, 0.25) is 0 Å². The van der Waals surface area contributed by atoms with Gasteiger partial charge >= 0.3 is 0 Å². The van der Waals surface area contributed by atoms with Crippen LogP contribution >= 0.6 is 11.8 Å². The summed E-state index contributed by atoms with van der Waals surface area (Å²) in [6.45, 7) is 4.72. The zero-order chi connectivity index (χ0) is 19.4. The summed E-state index contributed by atoms with van der Waals surface area (Å²) < 4.78 is 38.0. The van der Waals surface area contributed by atoms with Crippen LogP contribution in [-0.2, 0) is 17.8 Å². The molecule has 0 radical (unpaired) electrons. The van der Waals surface area contributed by atoms with Crippen LogP contribution in [0.4, 0.5) is 8.78 Å². The fourth-order valence-corrected chi connectivity index (χ4v) is 3.64. The van der Waals surface area contributed by atoms with Crippen LogP contribution in [-0.4, -0.2) is 24.4 Å². The molecule has 1 amide bonds. The van der Waals surface area contributed by atoms with E-state index in [1.165, 1.54) is 12.1 Å². The van der Waals surface area contributed by atoms with Gasteiger partial charge in [0.1, 0.15) is 29.2 Å². The van der Waals surface area contributed by atoms with Crippen molar-refractivity contribution in [3.05, 3.63) is 53.1 Å². The van der Waals surface area contributed by atoms with Gasteiger partial charge in [-0.25, -0.2) is 8.78 Å². The fourth-order valence-electron chi connectivity index (χ4n) is 2.89. The van der Waals surface area contributed by atoms with E-state index in [4.69, 9.17) is 9.47 Å². The molecule has 2 aromatic rings. The molecule has 1 N–H and O–H groups in total. The minimum atomic E-state index is -0.670. The Morgan fingerprint density at radius 3 is 2.89 bits per heavy atom. The lowest BCUT2D eigenvalue weighted by atomic mass is 10.1. The average Bonchev–Trinajstić information content (AvgIpc) is 2.98. The Hall–Kier alpha value is -2.28. The number of benzene rings is 2. The first-order valence-corrected chi connectivity index (χ1v) is 9.74. The molecular formula is C20H21F2NO3S. The maximum atomic E-state index is 13.6. The Bertz CT molecular complexity index is 844. The largest absolute Gasteiger partial charge is 0.494 e. The number of carbonyl (C=O) groups is 1. The van der Waals surface area contributed by atoms with E-state index in [2.05, 4.69) is 5.32 Å². The molecule has 4 nitrogen and oxygen atoms in total. The number of nitrogens with one attached hydrogen (secondary N) is 1. The minimum Gasteiger partial charge on any atom is -0.494 e. The van der Waals surface area contributed by atoms with Crippen molar-refractivity contribution in [2.45, 2.75) is 37.8 Å². The Morgan fingerprint density at radius 1 is 1.33 bits per heavy atom. The zero-order valence-corrected chi connectivity index (χ0v) is 16.0.